The third-order valence-electron chi connectivity index (χ3n) is 4.34. The van der Waals surface area contributed by atoms with Crippen LogP contribution in [0.3, 0.4) is 0 Å². The van der Waals surface area contributed by atoms with Crippen molar-refractivity contribution in [1.82, 2.24) is 0 Å². The molecule has 0 saturated heterocycles. The molecule has 4 nitrogen and oxygen atoms in total. The Kier molecular flexibility index (Phi) is 3.55. The predicted molar refractivity (Wildman–Crippen MR) is 77.4 cm³/mol. The van der Waals surface area contributed by atoms with Gasteiger partial charge in [0.2, 0.25) is 0 Å². The van der Waals surface area contributed by atoms with Crippen molar-refractivity contribution in [3.63, 3.8) is 0 Å². The minimum atomic E-state index is -0.292. The number of anilines is 1. The molecule has 0 aromatic heterocycles. The van der Waals surface area contributed by atoms with E-state index in [0.29, 0.717) is 6.10 Å². The summed E-state index contributed by atoms with van der Waals surface area (Å²) in [6, 6.07) is 6.12. The van der Waals surface area contributed by atoms with Gasteiger partial charge in [0, 0.05) is 11.6 Å². The molecular weight excluding hydrogens is 254 g/mol. The van der Waals surface area contributed by atoms with Crippen LogP contribution in [0.15, 0.2) is 18.2 Å². The van der Waals surface area contributed by atoms with Crippen LogP contribution in [0.2, 0.25) is 0 Å². The van der Waals surface area contributed by atoms with Gasteiger partial charge < -0.3 is 9.47 Å². The monoisotopic (exact) mass is 275 g/mol. The van der Waals surface area contributed by atoms with Crippen LogP contribution < -0.4 is 9.64 Å². The van der Waals surface area contributed by atoms with E-state index in [1.807, 2.05) is 18.2 Å². The first-order valence-electron chi connectivity index (χ1n) is 7.36. The van der Waals surface area contributed by atoms with Gasteiger partial charge in [-0.05, 0) is 51.2 Å². The number of benzene rings is 1. The highest BCUT2D eigenvalue weighted by Crippen LogP contribution is 2.38. The number of methoxy groups -OCH3 is 1. The summed E-state index contributed by atoms with van der Waals surface area (Å²) < 4.78 is 11.0. The summed E-state index contributed by atoms with van der Waals surface area (Å²) in [4.78, 5) is 13.7. The van der Waals surface area contributed by atoms with Gasteiger partial charge in [-0.25, -0.2) is 4.79 Å². The minimum Gasteiger partial charge on any atom is -0.490 e. The molecule has 1 aromatic rings. The Balaban J connectivity index is 1.93. The normalized spacial score (nSPS) is 21.9. The molecule has 0 N–H and O–H groups in total. The van der Waals surface area contributed by atoms with Crippen molar-refractivity contribution in [2.75, 3.05) is 12.0 Å². The Morgan fingerprint density at radius 1 is 1.30 bits per heavy atom. The fraction of sp³-hybridized carbons (Fsp3) is 0.562. The Bertz CT molecular complexity index is 510. The average Bonchev–Trinajstić information content (AvgIpc) is 2.41. The van der Waals surface area contributed by atoms with E-state index in [0.717, 1.165) is 42.7 Å². The van der Waals surface area contributed by atoms with Gasteiger partial charge in [0.05, 0.1) is 18.9 Å². The van der Waals surface area contributed by atoms with E-state index in [9.17, 15) is 4.79 Å². The van der Waals surface area contributed by atoms with Crippen LogP contribution in [0.5, 0.6) is 5.75 Å². The third-order valence-corrected chi connectivity index (χ3v) is 4.34. The molecule has 1 aromatic carbocycles. The minimum absolute atomic E-state index is 0.161. The van der Waals surface area contributed by atoms with Crippen molar-refractivity contribution in [3.05, 3.63) is 23.8 Å². The quantitative estimate of drug-likeness (QED) is 0.829. The van der Waals surface area contributed by atoms with Crippen LogP contribution >= 0.6 is 0 Å². The second kappa shape index (κ2) is 5.35. The fourth-order valence-corrected chi connectivity index (χ4v) is 2.91. The summed E-state index contributed by atoms with van der Waals surface area (Å²) in [6.45, 7) is 2.05. The zero-order valence-corrected chi connectivity index (χ0v) is 12.1. The SMILES string of the molecule is COC(=O)N1c2cccc(OC3CCC3)c2CCC1C. The Morgan fingerprint density at radius 3 is 2.75 bits per heavy atom. The number of carbonyl (C=O) groups excluding carboxylic acids is 1. The van der Waals surface area contributed by atoms with Crippen LogP contribution in [-0.2, 0) is 11.2 Å². The number of carbonyl (C=O) groups is 1. The number of nitrogens with zero attached hydrogens (tertiary/aromatic N) is 1. The van der Waals surface area contributed by atoms with E-state index in [4.69, 9.17) is 9.47 Å². The highest BCUT2D eigenvalue weighted by molar-refractivity contribution is 5.90. The fourth-order valence-electron chi connectivity index (χ4n) is 2.91. The molecule has 1 saturated carbocycles. The largest absolute Gasteiger partial charge is 0.490 e. The van der Waals surface area contributed by atoms with E-state index >= 15 is 0 Å². The summed E-state index contributed by atoms with van der Waals surface area (Å²) >= 11 is 0. The summed E-state index contributed by atoms with van der Waals surface area (Å²) in [5.74, 6) is 0.938. The lowest BCUT2D eigenvalue weighted by atomic mass is 9.94. The number of amides is 1. The molecule has 1 atom stereocenters. The summed E-state index contributed by atoms with van der Waals surface area (Å²) in [5, 5.41) is 0. The van der Waals surface area contributed by atoms with Crippen molar-refractivity contribution < 1.29 is 14.3 Å². The molecule has 0 bridgehead atoms. The molecule has 1 heterocycles. The van der Waals surface area contributed by atoms with E-state index < -0.39 is 0 Å². The molecule has 1 aliphatic carbocycles. The van der Waals surface area contributed by atoms with Crippen LogP contribution in [0.1, 0.15) is 38.2 Å². The number of hydrogen-bond acceptors (Lipinski definition) is 3. The molecule has 1 aliphatic heterocycles. The van der Waals surface area contributed by atoms with E-state index in [1.54, 1.807) is 4.90 Å². The zero-order valence-electron chi connectivity index (χ0n) is 12.1. The summed E-state index contributed by atoms with van der Waals surface area (Å²) in [6.07, 6.45) is 5.48. The van der Waals surface area contributed by atoms with Gasteiger partial charge in [-0.1, -0.05) is 6.07 Å². The van der Waals surface area contributed by atoms with Gasteiger partial charge in [-0.2, -0.15) is 0 Å². The predicted octanol–water partition coefficient (Wildman–Crippen LogP) is 3.53. The van der Waals surface area contributed by atoms with Crippen molar-refractivity contribution in [2.45, 2.75) is 51.2 Å². The molecular formula is C16H21NO3. The highest BCUT2D eigenvalue weighted by Gasteiger charge is 2.31. The molecule has 1 unspecified atom stereocenters. The van der Waals surface area contributed by atoms with Crippen LogP contribution in [-0.4, -0.2) is 25.3 Å². The van der Waals surface area contributed by atoms with Gasteiger partial charge in [-0.3, -0.25) is 4.90 Å². The first-order chi connectivity index (χ1) is 9.70. The van der Waals surface area contributed by atoms with Gasteiger partial charge in [0.25, 0.3) is 0 Å². The molecule has 1 fully saturated rings. The standard InChI is InChI=1S/C16H21NO3/c1-11-9-10-13-14(17(11)16(18)19-2)7-4-8-15(13)20-12-5-3-6-12/h4,7-8,11-12H,3,5-6,9-10H2,1-2H3. The molecule has 2 aliphatic rings. The maximum Gasteiger partial charge on any atom is 0.414 e. The second-order valence-corrected chi connectivity index (χ2v) is 5.65. The third kappa shape index (κ3) is 2.23. The van der Waals surface area contributed by atoms with E-state index in [2.05, 4.69) is 6.92 Å². The number of rotatable bonds is 2. The molecule has 0 radical (unpaired) electrons. The molecule has 108 valence electrons. The summed E-state index contributed by atoms with van der Waals surface area (Å²) in [7, 11) is 1.43. The topological polar surface area (TPSA) is 38.8 Å². The highest BCUT2D eigenvalue weighted by atomic mass is 16.5. The second-order valence-electron chi connectivity index (χ2n) is 5.65. The van der Waals surface area contributed by atoms with Crippen LogP contribution in [0.4, 0.5) is 10.5 Å². The zero-order chi connectivity index (χ0) is 14.1. The van der Waals surface area contributed by atoms with Crippen LogP contribution in [0.25, 0.3) is 0 Å². The number of ether oxygens (including phenoxy) is 2. The van der Waals surface area contributed by atoms with Gasteiger partial charge in [-0.15, -0.1) is 0 Å². The van der Waals surface area contributed by atoms with Crippen LogP contribution in [0, 0.1) is 0 Å². The maximum absolute atomic E-state index is 12.0. The van der Waals surface area contributed by atoms with Crippen molar-refractivity contribution in [1.29, 1.82) is 0 Å². The van der Waals surface area contributed by atoms with E-state index in [-0.39, 0.29) is 12.1 Å². The number of fused-ring (bicyclic) bond motifs is 1. The lowest BCUT2D eigenvalue weighted by molar-refractivity contribution is 0.119. The van der Waals surface area contributed by atoms with Crippen molar-refractivity contribution >= 4 is 11.8 Å². The van der Waals surface area contributed by atoms with Gasteiger partial charge in [0.1, 0.15) is 5.75 Å². The van der Waals surface area contributed by atoms with Gasteiger partial charge in [0.15, 0.2) is 0 Å². The Morgan fingerprint density at radius 2 is 2.10 bits per heavy atom. The molecule has 20 heavy (non-hydrogen) atoms. The van der Waals surface area contributed by atoms with Gasteiger partial charge >= 0.3 is 6.09 Å². The molecule has 4 heteroatoms. The lowest BCUT2D eigenvalue weighted by Crippen LogP contribution is -2.42. The first-order valence-corrected chi connectivity index (χ1v) is 7.36. The lowest BCUT2D eigenvalue weighted by Gasteiger charge is -2.36. The van der Waals surface area contributed by atoms with Crippen molar-refractivity contribution in [3.8, 4) is 5.75 Å². The number of hydrogen-bond donors (Lipinski definition) is 0. The average molecular weight is 275 g/mol. The Hall–Kier alpha value is -1.71. The molecule has 0 spiro atoms. The first kappa shape index (κ1) is 13.3. The molecule has 1 amide bonds. The van der Waals surface area contributed by atoms with Crippen molar-refractivity contribution in [2.24, 2.45) is 0 Å². The Labute approximate surface area is 119 Å². The molecule has 3 rings (SSSR count). The maximum atomic E-state index is 12.0. The summed E-state index contributed by atoms with van der Waals surface area (Å²) in [5.41, 5.74) is 2.08. The van der Waals surface area contributed by atoms with E-state index in [1.165, 1.54) is 13.5 Å². The smallest absolute Gasteiger partial charge is 0.414 e.